The van der Waals surface area contributed by atoms with Gasteiger partial charge in [0, 0.05) is 18.8 Å². The molecule has 1 aliphatic rings. The molecule has 1 aromatic heterocycles. The first-order chi connectivity index (χ1) is 8.93. The molecule has 1 atom stereocenters. The van der Waals surface area contributed by atoms with E-state index >= 15 is 0 Å². The fourth-order valence-corrected chi connectivity index (χ4v) is 4.25. The molecule has 1 fully saturated rings. The van der Waals surface area contributed by atoms with E-state index in [0.717, 1.165) is 6.42 Å². The van der Waals surface area contributed by atoms with Crippen LogP contribution in [0, 0.1) is 0 Å². The Labute approximate surface area is 117 Å². The molecule has 0 bridgehead atoms. The lowest BCUT2D eigenvalue weighted by molar-refractivity contribution is 0.0691. The zero-order chi connectivity index (χ0) is 14.0. The Morgan fingerprint density at radius 2 is 2.32 bits per heavy atom. The average molecular weight is 305 g/mol. The molecule has 106 valence electrons. The van der Waals surface area contributed by atoms with E-state index < -0.39 is 9.84 Å². The molecule has 0 aliphatic carbocycles. The Morgan fingerprint density at radius 1 is 1.58 bits per heavy atom. The summed E-state index contributed by atoms with van der Waals surface area (Å²) in [4.78, 5) is 16.8. The van der Waals surface area contributed by atoms with Crippen molar-refractivity contribution in [2.45, 2.75) is 25.8 Å². The molecule has 1 aliphatic heterocycles. The number of carbonyl (C=O) groups excluding carboxylic acids is 1. The normalized spacial score (nSPS) is 21.5. The van der Waals surface area contributed by atoms with Crippen molar-refractivity contribution in [1.29, 1.82) is 0 Å². The standard InChI is InChI=1S/C12H17ClN2O3S/c1-2-4-15(10-3-5-19(17,18)8-10)12(16)11-6-9(13)7-14-11/h6-7,10,14H,2-5,8H2,1H3. The molecule has 0 spiro atoms. The number of nitrogens with one attached hydrogen (secondary N) is 1. The first-order valence-corrected chi connectivity index (χ1v) is 8.48. The van der Waals surface area contributed by atoms with Crippen molar-refractivity contribution < 1.29 is 13.2 Å². The Balaban J connectivity index is 2.18. The molecule has 0 saturated carbocycles. The minimum absolute atomic E-state index is 0.0627. The maximum atomic E-state index is 12.4. The SMILES string of the molecule is CCCN(C(=O)c1cc(Cl)c[nH]1)C1CCS(=O)(=O)C1. The van der Waals surface area contributed by atoms with Gasteiger partial charge in [-0.25, -0.2) is 8.42 Å². The van der Waals surface area contributed by atoms with Crippen molar-refractivity contribution in [3.05, 3.63) is 23.0 Å². The van der Waals surface area contributed by atoms with Gasteiger partial charge in [0.05, 0.1) is 16.5 Å². The van der Waals surface area contributed by atoms with Gasteiger partial charge < -0.3 is 9.88 Å². The number of carbonyl (C=O) groups is 1. The number of rotatable bonds is 4. The summed E-state index contributed by atoms with van der Waals surface area (Å²) in [5.41, 5.74) is 0.405. The second-order valence-electron chi connectivity index (χ2n) is 4.79. The van der Waals surface area contributed by atoms with E-state index in [1.165, 1.54) is 0 Å². The molecule has 2 rings (SSSR count). The van der Waals surface area contributed by atoms with E-state index in [2.05, 4.69) is 4.98 Å². The van der Waals surface area contributed by atoms with E-state index in [9.17, 15) is 13.2 Å². The van der Waals surface area contributed by atoms with Crippen LogP contribution in [0.25, 0.3) is 0 Å². The fraction of sp³-hybridized carbons (Fsp3) is 0.583. The maximum Gasteiger partial charge on any atom is 0.270 e. The summed E-state index contributed by atoms with van der Waals surface area (Å²) in [6.45, 7) is 2.51. The minimum Gasteiger partial charge on any atom is -0.356 e. The van der Waals surface area contributed by atoms with Gasteiger partial charge in [0.2, 0.25) is 0 Å². The summed E-state index contributed by atoms with van der Waals surface area (Å²) in [6, 6.07) is 1.34. The van der Waals surface area contributed by atoms with Gasteiger partial charge in [0.15, 0.2) is 9.84 Å². The molecule has 1 amide bonds. The van der Waals surface area contributed by atoms with Crippen LogP contribution in [-0.2, 0) is 9.84 Å². The highest BCUT2D eigenvalue weighted by molar-refractivity contribution is 7.91. The van der Waals surface area contributed by atoms with Crippen LogP contribution in [0.2, 0.25) is 5.02 Å². The van der Waals surface area contributed by atoms with Gasteiger partial charge in [-0.05, 0) is 18.9 Å². The molecule has 1 N–H and O–H groups in total. The van der Waals surface area contributed by atoms with Crippen LogP contribution in [0.1, 0.15) is 30.3 Å². The summed E-state index contributed by atoms with van der Waals surface area (Å²) >= 11 is 5.79. The van der Waals surface area contributed by atoms with Crippen LogP contribution in [0.4, 0.5) is 0 Å². The predicted octanol–water partition coefficient (Wildman–Crippen LogP) is 1.71. The third kappa shape index (κ3) is 3.30. The molecule has 19 heavy (non-hydrogen) atoms. The summed E-state index contributed by atoms with van der Waals surface area (Å²) in [6.07, 6.45) is 2.85. The highest BCUT2D eigenvalue weighted by atomic mass is 35.5. The first-order valence-electron chi connectivity index (χ1n) is 6.28. The van der Waals surface area contributed by atoms with Gasteiger partial charge >= 0.3 is 0 Å². The molecule has 1 saturated heterocycles. The van der Waals surface area contributed by atoms with E-state index in [1.807, 2.05) is 6.92 Å². The number of aromatic amines is 1. The lowest BCUT2D eigenvalue weighted by atomic mass is 10.2. The number of hydrogen-bond donors (Lipinski definition) is 1. The van der Waals surface area contributed by atoms with Gasteiger partial charge in [-0.1, -0.05) is 18.5 Å². The van der Waals surface area contributed by atoms with E-state index in [4.69, 9.17) is 11.6 Å². The summed E-state index contributed by atoms with van der Waals surface area (Å²) in [5.74, 6) is 0.0416. The van der Waals surface area contributed by atoms with Gasteiger partial charge in [-0.15, -0.1) is 0 Å². The van der Waals surface area contributed by atoms with Crippen LogP contribution < -0.4 is 0 Å². The van der Waals surface area contributed by atoms with Crippen molar-refractivity contribution >= 4 is 27.3 Å². The van der Waals surface area contributed by atoms with Crippen LogP contribution in [0.5, 0.6) is 0 Å². The maximum absolute atomic E-state index is 12.4. The van der Waals surface area contributed by atoms with Crippen LogP contribution in [0.15, 0.2) is 12.3 Å². The zero-order valence-corrected chi connectivity index (χ0v) is 12.3. The summed E-state index contributed by atoms with van der Waals surface area (Å²) in [7, 11) is -3.00. The molecule has 5 nitrogen and oxygen atoms in total. The Bertz CT molecular complexity index is 567. The van der Waals surface area contributed by atoms with E-state index in [0.29, 0.717) is 23.7 Å². The van der Waals surface area contributed by atoms with Crippen LogP contribution in [0.3, 0.4) is 0 Å². The Morgan fingerprint density at radius 3 is 2.79 bits per heavy atom. The quantitative estimate of drug-likeness (QED) is 0.920. The second-order valence-corrected chi connectivity index (χ2v) is 7.45. The highest BCUT2D eigenvalue weighted by Gasteiger charge is 2.34. The Hall–Kier alpha value is -1.01. The monoisotopic (exact) mass is 304 g/mol. The third-order valence-corrected chi connectivity index (χ3v) is 5.22. The lowest BCUT2D eigenvalue weighted by Gasteiger charge is -2.27. The summed E-state index contributed by atoms with van der Waals surface area (Å²) in [5, 5.41) is 0.471. The molecular formula is C12H17ClN2O3S. The van der Waals surface area contributed by atoms with Gasteiger partial charge in [-0.2, -0.15) is 0 Å². The molecule has 2 heterocycles. The number of aromatic nitrogens is 1. The molecular weight excluding hydrogens is 288 g/mol. The third-order valence-electron chi connectivity index (χ3n) is 3.25. The number of hydrogen-bond acceptors (Lipinski definition) is 3. The van der Waals surface area contributed by atoms with Crippen LogP contribution in [-0.4, -0.2) is 48.3 Å². The minimum atomic E-state index is -3.00. The molecule has 1 aromatic rings. The molecule has 7 heteroatoms. The van der Waals surface area contributed by atoms with Gasteiger partial charge in [0.25, 0.3) is 5.91 Å². The van der Waals surface area contributed by atoms with Crippen LogP contribution >= 0.6 is 11.6 Å². The fourth-order valence-electron chi connectivity index (χ4n) is 2.36. The zero-order valence-electron chi connectivity index (χ0n) is 10.7. The second kappa shape index (κ2) is 5.54. The molecule has 0 radical (unpaired) electrons. The van der Waals surface area contributed by atoms with Crippen molar-refractivity contribution in [3.8, 4) is 0 Å². The summed E-state index contributed by atoms with van der Waals surface area (Å²) < 4.78 is 23.1. The first kappa shape index (κ1) is 14.4. The number of amides is 1. The number of sulfone groups is 1. The van der Waals surface area contributed by atoms with Crippen molar-refractivity contribution in [1.82, 2.24) is 9.88 Å². The number of nitrogens with zero attached hydrogens (tertiary/aromatic N) is 1. The number of halogens is 1. The number of H-pyrrole nitrogens is 1. The topological polar surface area (TPSA) is 70.2 Å². The largest absolute Gasteiger partial charge is 0.356 e. The molecule has 0 aromatic carbocycles. The van der Waals surface area contributed by atoms with Crippen molar-refractivity contribution in [3.63, 3.8) is 0 Å². The van der Waals surface area contributed by atoms with E-state index in [-0.39, 0.29) is 23.5 Å². The van der Waals surface area contributed by atoms with Crippen molar-refractivity contribution in [2.24, 2.45) is 0 Å². The smallest absolute Gasteiger partial charge is 0.270 e. The van der Waals surface area contributed by atoms with Gasteiger partial charge in [-0.3, -0.25) is 4.79 Å². The van der Waals surface area contributed by atoms with E-state index in [1.54, 1.807) is 17.2 Å². The molecule has 1 unspecified atom stereocenters. The van der Waals surface area contributed by atoms with Gasteiger partial charge in [0.1, 0.15) is 5.69 Å². The highest BCUT2D eigenvalue weighted by Crippen LogP contribution is 2.21. The predicted molar refractivity (Wildman–Crippen MR) is 74.2 cm³/mol. The lowest BCUT2D eigenvalue weighted by Crippen LogP contribution is -2.41. The van der Waals surface area contributed by atoms with Crippen molar-refractivity contribution in [2.75, 3.05) is 18.1 Å². The Kier molecular flexibility index (Phi) is 4.20. The average Bonchev–Trinajstić information content (AvgIpc) is 2.91.